The van der Waals surface area contributed by atoms with Crippen LogP contribution >= 0.6 is 0 Å². The van der Waals surface area contributed by atoms with Crippen LogP contribution in [0.3, 0.4) is 0 Å². The molecule has 2 aliphatic rings. The molecule has 8 rings (SSSR count). The van der Waals surface area contributed by atoms with E-state index in [1.54, 1.807) is 24.3 Å². The Morgan fingerprint density at radius 2 is 0.771 bits per heavy atom. The van der Waals surface area contributed by atoms with E-state index in [0.29, 0.717) is 57.9 Å². The highest BCUT2D eigenvalue weighted by atomic mass is 19.4. The molecule has 0 unspecified atom stereocenters. The summed E-state index contributed by atoms with van der Waals surface area (Å²) < 4.78 is 199. The lowest BCUT2D eigenvalue weighted by Crippen LogP contribution is -2.33. The molecule has 0 spiro atoms. The maximum atomic E-state index is 13.5. The quantitative estimate of drug-likeness (QED) is 0.148. The topological polar surface area (TPSA) is 84.7 Å². The zero-order valence-corrected chi connectivity index (χ0v) is 36.5. The number of aliphatic hydroxyl groups excluding tert-OH is 2. The van der Waals surface area contributed by atoms with Crippen molar-refractivity contribution in [2.24, 2.45) is 0 Å². The van der Waals surface area contributed by atoms with Crippen molar-refractivity contribution in [1.82, 2.24) is 9.97 Å². The third-order valence-corrected chi connectivity index (χ3v) is 12.1. The highest BCUT2D eigenvalue weighted by molar-refractivity contribution is 5.42. The fourth-order valence-corrected chi connectivity index (χ4v) is 8.78. The van der Waals surface area contributed by atoms with E-state index in [4.69, 9.17) is 9.47 Å². The first-order chi connectivity index (χ1) is 32.7. The Hall–Kier alpha value is -5.96. The molecule has 6 aromatic rings. The van der Waals surface area contributed by atoms with E-state index in [1.165, 1.54) is 74.8 Å². The second-order valence-electron chi connectivity index (χ2n) is 16.8. The van der Waals surface area contributed by atoms with Gasteiger partial charge in [-0.3, -0.25) is 9.97 Å². The van der Waals surface area contributed by atoms with Crippen molar-refractivity contribution in [3.8, 4) is 0 Å². The second-order valence-corrected chi connectivity index (χ2v) is 16.8. The fraction of sp³-hybridized carbons (Fsp3) is 0.320. The molecule has 2 aromatic heterocycles. The molecule has 70 heavy (non-hydrogen) atoms. The summed E-state index contributed by atoms with van der Waals surface area (Å²) in [7, 11) is 0. The second kappa shape index (κ2) is 20.0. The molecule has 8 atom stereocenters. The van der Waals surface area contributed by atoms with E-state index < -0.39 is 107 Å². The minimum atomic E-state index is -4.99. The number of nitrogens with zero attached hydrogens (tertiary/aromatic N) is 2. The lowest BCUT2D eigenvalue weighted by molar-refractivity contribution is -0.145. The number of rotatable bonds is 8. The summed E-state index contributed by atoms with van der Waals surface area (Å²) in [6.07, 6.45) is -23.2. The molecule has 2 heterocycles. The Labute approximate surface area is 390 Å². The lowest BCUT2D eigenvalue weighted by Gasteiger charge is -2.37. The van der Waals surface area contributed by atoms with Crippen LogP contribution in [0.25, 0.3) is 0 Å². The highest BCUT2D eigenvalue weighted by Gasteiger charge is 2.42. The third kappa shape index (κ3) is 11.8. The summed E-state index contributed by atoms with van der Waals surface area (Å²) in [5.74, 6) is -2.13. The lowest BCUT2D eigenvalue weighted by atomic mass is 9.77. The Morgan fingerprint density at radius 3 is 1.06 bits per heavy atom. The minimum absolute atomic E-state index is 0.0124. The summed E-state index contributed by atoms with van der Waals surface area (Å²) in [5, 5.41) is 21.3. The van der Waals surface area contributed by atoms with Gasteiger partial charge in [0.25, 0.3) is 0 Å². The molecule has 0 amide bonds. The van der Waals surface area contributed by atoms with Crippen molar-refractivity contribution in [3.63, 3.8) is 0 Å². The average molecular weight is 999 g/mol. The van der Waals surface area contributed by atoms with Crippen molar-refractivity contribution < 1.29 is 81.2 Å². The van der Waals surface area contributed by atoms with E-state index in [2.05, 4.69) is 9.97 Å². The Balaban J connectivity index is 0.000000206. The predicted octanol–water partition coefficient (Wildman–Crippen LogP) is 13.9. The molecule has 4 aromatic carbocycles. The summed E-state index contributed by atoms with van der Waals surface area (Å²) in [6, 6.07) is 20.3. The first kappa shape index (κ1) is 51.9. The van der Waals surface area contributed by atoms with Gasteiger partial charge in [-0.05, 0) is 120 Å². The monoisotopic (exact) mass is 998 g/mol. The number of ether oxygens (including phenoxy) is 2. The maximum Gasteiger partial charge on any atom is 0.416 e. The van der Waals surface area contributed by atoms with Gasteiger partial charge in [0, 0.05) is 37.1 Å². The number of aliphatic hydroxyl groups is 2. The summed E-state index contributed by atoms with van der Waals surface area (Å²) in [6.45, 7) is 2.70. The molecule has 0 aliphatic heterocycles. The van der Waals surface area contributed by atoms with Crippen molar-refractivity contribution in [1.29, 1.82) is 0 Å². The third-order valence-electron chi connectivity index (χ3n) is 12.1. The van der Waals surface area contributed by atoms with Gasteiger partial charge >= 0.3 is 24.7 Å². The van der Waals surface area contributed by atoms with Gasteiger partial charge in [-0.15, -0.1) is 0 Å². The van der Waals surface area contributed by atoms with E-state index >= 15 is 0 Å². The number of hydrogen-bond acceptors (Lipinski definition) is 6. The van der Waals surface area contributed by atoms with Gasteiger partial charge in [0.1, 0.15) is 11.6 Å². The van der Waals surface area contributed by atoms with Crippen LogP contribution in [-0.4, -0.2) is 32.4 Å². The maximum absolute atomic E-state index is 13.5. The van der Waals surface area contributed by atoms with Crippen molar-refractivity contribution >= 4 is 0 Å². The van der Waals surface area contributed by atoms with E-state index in [-0.39, 0.29) is 36.1 Å². The molecular weight excluding hydrogens is 959 g/mol. The van der Waals surface area contributed by atoms with E-state index in [9.17, 15) is 71.7 Å². The first-order valence-electron chi connectivity index (χ1n) is 21.3. The number of halogens is 14. The number of hydrogen-bond donors (Lipinski definition) is 2. The Morgan fingerprint density at radius 1 is 0.471 bits per heavy atom. The summed E-state index contributed by atoms with van der Waals surface area (Å²) in [5.41, 5.74) is -3.25. The Kier molecular flexibility index (Phi) is 14.9. The van der Waals surface area contributed by atoms with Crippen LogP contribution in [0.4, 0.5) is 61.5 Å². The highest BCUT2D eigenvalue weighted by Crippen LogP contribution is 2.47. The largest absolute Gasteiger partial charge is 0.416 e. The van der Waals surface area contributed by atoms with Crippen molar-refractivity contribution in [2.45, 2.75) is 99.9 Å². The van der Waals surface area contributed by atoms with Gasteiger partial charge in [0.05, 0.1) is 70.3 Å². The first-order valence-corrected chi connectivity index (χ1v) is 21.3. The summed E-state index contributed by atoms with van der Waals surface area (Å²) in [4.78, 5) is 8.43. The molecule has 20 heteroatoms. The molecule has 2 aliphatic carbocycles. The van der Waals surface area contributed by atoms with E-state index in [1.807, 2.05) is 0 Å². The molecule has 0 saturated heterocycles. The number of benzene rings is 4. The number of fused-ring (bicyclic) bond motifs is 2. The normalized spacial score (nSPS) is 21.5. The molecule has 0 bridgehead atoms. The average Bonchev–Trinajstić information content (AvgIpc) is 3.29. The van der Waals surface area contributed by atoms with Crippen LogP contribution in [-0.2, 0) is 34.2 Å². The van der Waals surface area contributed by atoms with Crippen molar-refractivity contribution in [3.05, 3.63) is 200 Å². The van der Waals surface area contributed by atoms with Crippen LogP contribution in [0.2, 0.25) is 0 Å². The summed E-state index contributed by atoms with van der Waals surface area (Å²) >= 11 is 0. The molecule has 0 saturated carbocycles. The van der Waals surface area contributed by atoms with Crippen LogP contribution in [0, 0.1) is 11.6 Å². The molecule has 2 N–H and O–H groups in total. The number of aromatic nitrogens is 2. The van der Waals surface area contributed by atoms with Gasteiger partial charge in [-0.1, -0.05) is 36.4 Å². The van der Waals surface area contributed by atoms with Crippen LogP contribution in [0.5, 0.6) is 0 Å². The Bertz CT molecular complexity index is 2510. The SMILES string of the molecule is C[C@@H](O[C@H]1C[C@@H](O)c2ncccc2[C@@H]1c1ccc(F)cc1)c1cc(C(F)(F)F)cc(C(F)(F)F)c1.C[C@@H](O[C@H]1C[C@H](O)c2ncccc2[C@@H]1c1ccc(F)cc1)c1cc(C(F)(F)F)cc(C(F)(F)F)c1. The van der Waals surface area contributed by atoms with Gasteiger partial charge in [0.15, 0.2) is 0 Å². The van der Waals surface area contributed by atoms with Crippen LogP contribution in [0.1, 0.15) is 130 Å². The van der Waals surface area contributed by atoms with Gasteiger partial charge in [0.2, 0.25) is 0 Å². The fourth-order valence-electron chi connectivity index (χ4n) is 8.78. The molecule has 372 valence electrons. The zero-order valence-electron chi connectivity index (χ0n) is 36.5. The molecule has 6 nitrogen and oxygen atoms in total. The molecule has 0 radical (unpaired) electrons. The minimum Gasteiger partial charge on any atom is -0.387 e. The van der Waals surface area contributed by atoms with Crippen LogP contribution < -0.4 is 0 Å². The standard InChI is InChI=1S/2C25H20F7NO2/c2*1-13(15-9-16(24(27,28)29)11-17(10-15)25(30,31)32)35-21-12-20(34)23-19(3-2-8-33-23)22(21)14-4-6-18(26)7-5-14/h2*2-11,13,20-22,34H,12H2,1H3/t13-,20+,21+,22+;13-,20-,21+,22+/m11/s1. The van der Waals surface area contributed by atoms with Gasteiger partial charge in [-0.25, -0.2) is 8.78 Å². The molecule has 0 fully saturated rings. The number of alkyl halides is 12. The zero-order chi connectivity index (χ0) is 51.1. The smallest absolute Gasteiger partial charge is 0.387 e. The predicted molar refractivity (Wildman–Crippen MR) is 224 cm³/mol. The molecular formula is C50H40F14N2O4. The van der Waals surface area contributed by atoms with Crippen LogP contribution in [0.15, 0.2) is 122 Å². The number of pyridine rings is 2. The van der Waals surface area contributed by atoms with E-state index in [0.717, 1.165) is 0 Å². The van der Waals surface area contributed by atoms with Crippen molar-refractivity contribution in [2.75, 3.05) is 0 Å². The van der Waals surface area contributed by atoms with Gasteiger partial charge in [-0.2, -0.15) is 52.7 Å². The van der Waals surface area contributed by atoms with Gasteiger partial charge < -0.3 is 19.7 Å².